The fourth-order valence-corrected chi connectivity index (χ4v) is 7.09. The molecule has 7 aromatic carbocycles. The summed E-state index contributed by atoms with van der Waals surface area (Å²) in [4.78, 5) is 11.9. The van der Waals surface area contributed by atoms with Crippen LogP contribution in [0.5, 0.6) is 0 Å². The summed E-state index contributed by atoms with van der Waals surface area (Å²) in [5, 5.41) is 7.96. The maximum Gasteiger partial charge on any atom is 0.229 e. The predicted molar refractivity (Wildman–Crippen MR) is 207 cm³/mol. The van der Waals surface area contributed by atoms with Gasteiger partial charge in [-0.2, -0.15) is 4.98 Å². The largest absolute Gasteiger partial charge is 0.438 e. The van der Waals surface area contributed by atoms with Gasteiger partial charge in [0.2, 0.25) is 5.71 Å². The molecule has 0 aliphatic heterocycles. The zero-order valence-corrected chi connectivity index (χ0v) is 27.0. The van der Waals surface area contributed by atoms with Crippen molar-refractivity contribution in [1.29, 1.82) is 0 Å². The Kier molecular flexibility index (Phi) is 6.46. The number of anilines is 3. The molecule has 10 rings (SSSR count). The van der Waals surface area contributed by atoms with Crippen LogP contribution in [0.1, 0.15) is 0 Å². The third-order valence-electron chi connectivity index (χ3n) is 9.69. The molecule has 0 N–H and O–H groups in total. The molecule has 3 heterocycles. The number of pyridine rings is 2. The molecule has 3 aromatic heterocycles. The van der Waals surface area contributed by atoms with Crippen LogP contribution in [0.2, 0.25) is 0 Å². The van der Waals surface area contributed by atoms with Crippen LogP contribution in [0.3, 0.4) is 0 Å². The minimum absolute atomic E-state index is 0.596. The van der Waals surface area contributed by atoms with Gasteiger partial charge in [-0.15, -0.1) is 0 Å². The second kappa shape index (κ2) is 11.4. The highest BCUT2D eigenvalue weighted by atomic mass is 16.3. The number of fused-ring (bicyclic) bond motifs is 6. The van der Waals surface area contributed by atoms with Gasteiger partial charge in [0, 0.05) is 33.7 Å². The Hall–Kier alpha value is -6.78. The lowest BCUT2D eigenvalue weighted by Crippen LogP contribution is -2.11. The Balaban J connectivity index is 1.08. The van der Waals surface area contributed by atoms with Crippen LogP contribution in [-0.4, -0.2) is 9.97 Å². The summed E-state index contributed by atoms with van der Waals surface area (Å²) in [5.41, 5.74) is 9.04. The Morgan fingerprint density at radius 1 is 0.420 bits per heavy atom. The second-order valence-corrected chi connectivity index (χ2v) is 12.7. The highest BCUT2D eigenvalue weighted by molar-refractivity contribution is 6.09. The van der Waals surface area contributed by atoms with Crippen molar-refractivity contribution in [3.8, 4) is 22.3 Å². The van der Waals surface area contributed by atoms with Gasteiger partial charge in [0.15, 0.2) is 0 Å². The van der Waals surface area contributed by atoms with Crippen molar-refractivity contribution in [2.75, 3.05) is 4.90 Å². The quantitative estimate of drug-likeness (QED) is 0.188. The number of hydrogen-bond acceptors (Lipinski definition) is 4. The first-order valence-electron chi connectivity index (χ1n) is 16.8. The number of hydrogen-bond donors (Lipinski definition) is 0. The van der Waals surface area contributed by atoms with Gasteiger partial charge in [-0.25, -0.2) is 0 Å². The summed E-state index contributed by atoms with van der Waals surface area (Å²) in [6.07, 6.45) is 1.82. The summed E-state index contributed by atoms with van der Waals surface area (Å²) in [5.74, 6) is 0.774. The van der Waals surface area contributed by atoms with E-state index in [0.29, 0.717) is 5.71 Å². The summed E-state index contributed by atoms with van der Waals surface area (Å²) >= 11 is 0. The monoisotopic (exact) mass is 639 g/mol. The summed E-state index contributed by atoms with van der Waals surface area (Å²) < 4.78 is 6.38. The highest BCUT2D eigenvalue weighted by Gasteiger charge is 2.18. The first kappa shape index (κ1) is 28.3. The molecular formula is C46H29N3O. The molecule has 0 aliphatic rings. The van der Waals surface area contributed by atoms with Crippen molar-refractivity contribution in [3.63, 3.8) is 0 Å². The molecule has 0 saturated heterocycles. The Morgan fingerprint density at radius 2 is 0.980 bits per heavy atom. The van der Waals surface area contributed by atoms with Gasteiger partial charge < -0.3 is 4.42 Å². The average Bonchev–Trinajstić information content (AvgIpc) is 3.53. The van der Waals surface area contributed by atoms with Crippen LogP contribution in [0.4, 0.5) is 17.2 Å². The molecule has 0 spiro atoms. The number of furan rings is 1. The molecule has 0 atom stereocenters. The molecule has 50 heavy (non-hydrogen) atoms. The van der Waals surface area contributed by atoms with E-state index < -0.39 is 0 Å². The zero-order valence-electron chi connectivity index (χ0n) is 27.0. The molecule has 234 valence electrons. The van der Waals surface area contributed by atoms with Gasteiger partial charge in [-0.3, -0.25) is 9.88 Å². The van der Waals surface area contributed by atoms with Crippen molar-refractivity contribution < 1.29 is 4.42 Å². The van der Waals surface area contributed by atoms with E-state index in [2.05, 4.69) is 168 Å². The molecule has 0 amide bonds. The van der Waals surface area contributed by atoms with Crippen LogP contribution in [-0.2, 0) is 0 Å². The van der Waals surface area contributed by atoms with Crippen molar-refractivity contribution in [2.24, 2.45) is 0 Å². The lowest BCUT2D eigenvalue weighted by Gasteiger charge is -2.24. The molecule has 4 nitrogen and oxygen atoms in total. The minimum atomic E-state index is 0.596. The SMILES string of the molecule is c1ccc2cc(-c3ccc(N(c4ccc(-c5ccc6ccccc6c5)cc4)c4ccc5c(n4)oc4cc6cccnc6cc45)cc3)ccc2c1. The topological polar surface area (TPSA) is 42.2 Å². The minimum Gasteiger partial charge on any atom is -0.438 e. The molecule has 0 saturated carbocycles. The van der Waals surface area contributed by atoms with Crippen molar-refractivity contribution in [2.45, 2.75) is 0 Å². The molecule has 0 fully saturated rings. The maximum atomic E-state index is 6.38. The van der Waals surface area contributed by atoms with E-state index in [-0.39, 0.29) is 0 Å². The van der Waals surface area contributed by atoms with E-state index in [0.717, 1.165) is 55.6 Å². The van der Waals surface area contributed by atoms with Gasteiger partial charge in [0.05, 0.1) is 5.52 Å². The van der Waals surface area contributed by atoms with Gasteiger partial charge in [-0.05, 0) is 111 Å². The van der Waals surface area contributed by atoms with Gasteiger partial charge in [-0.1, -0.05) is 103 Å². The first-order chi connectivity index (χ1) is 24.7. The standard InChI is InChI=1S/C46H29N3O/c1-3-8-34-26-36(13-11-30(34)6-1)32-15-19-39(20-16-32)49(40-21-17-33(18-22-40)37-14-12-31-7-2-4-9-35(31)27-37)45-24-23-41-42-29-43-38(10-5-25-47-43)28-44(42)50-46(41)48-45/h1-29H. The molecular weight excluding hydrogens is 611 g/mol. The normalized spacial score (nSPS) is 11.6. The molecule has 4 heteroatoms. The van der Waals surface area contributed by atoms with E-state index in [1.54, 1.807) is 0 Å². The van der Waals surface area contributed by atoms with Crippen LogP contribution in [0, 0.1) is 0 Å². The average molecular weight is 640 g/mol. The predicted octanol–water partition coefficient (Wildman–Crippen LogP) is 12.6. The van der Waals surface area contributed by atoms with E-state index in [4.69, 9.17) is 9.40 Å². The second-order valence-electron chi connectivity index (χ2n) is 12.7. The van der Waals surface area contributed by atoms with Crippen molar-refractivity contribution >= 4 is 71.7 Å². The number of benzene rings is 7. The number of nitrogens with zero attached hydrogens (tertiary/aromatic N) is 3. The lowest BCUT2D eigenvalue weighted by atomic mass is 10.0. The Bertz CT molecular complexity index is 2750. The zero-order chi connectivity index (χ0) is 33.0. The van der Waals surface area contributed by atoms with E-state index >= 15 is 0 Å². The van der Waals surface area contributed by atoms with Crippen molar-refractivity contribution in [3.05, 3.63) is 176 Å². The van der Waals surface area contributed by atoms with Crippen molar-refractivity contribution in [1.82, 2.24) is 9.97 Å². The van der Waals surface area contributed by atoms with E-state index in [9.17, 15) is 0 Å². The van der Waals surface area contributed by atoms with Gasteiger partial charge in [0.1, 0.15) is 11.4 Å². The summed E-state index contributed by atoms with van der Waals surface area (Å²) in [7, 11) is 0. The third-order valence-corrected chi connectivity index (χ3v) is 9.69. The molecule has 0 unspecified atom stereocenters. The fraction of sp³-hybridized carbons (Fsp3) is 0. The summed E-state index contributed by atoms with van der Waals surface area (Å²) in [6.45, 7) is 0. The van der Waals surface area contributed by atoms with Gasteiger partial charge >= 0.3 is 0 Å². The molecule has 10 aromatic rings. The summed E-state index contributed by atoms with van der Waals surface area (Å²) in [6, 6.07) is 60.0. The lowest BCUT2D eigenvalue weighted by molar-refractivity contribution is 0.655. The Labute approximate surface area is 288 Å². The van der Waals surface area contributed by atoms with E-state index in [1.165, 1.54) is 32.7 Å². The van der Waals surface area contributed by atoms with Crippen LogP contribution < -0.4 is 4.90 Å². The van der Waals surface area contributed by atoms with E-state index in [1.807, 2.05) is 18.3 Å². The molecule has 0 radical (unpaired) electrons. The van der Waals surface area contributed by atoms with Crippen LogP contribution in [0.25, 0.3) is 76.8 Å². The molecule has 0 bridgehead atoms. The van der Waals surface area contributed by atoms with Gasteiger partial charge in [0.25, 0.3) is 0 Å². The number of aromatic nitrogens is 2. The van der Waals surface area contributed by atoms with Crippen LogP contribution in [0.15, 0.2) is 180 Å². The molecule has 0 aliphatic carbocycles. The highest BCUT2D eigenvalue weighted by Crippen LogP contribution is 2.39. The number of rotatable bonds is 5. The third kappa shape index (κ3) is 4.85. The smallest absolute Gasteiger partial charge is 0.229 e. The van der Waals surface area contributed by atoms with Crippen LogP contribution >= 0.6 is 0 Å². The maximum absolute atomic E-state index is 6.38. The first-order valence-corrected chi connectivity index (χ1v) is 16.8. The Morgan fingerprint density at radius 3 is 1.60 bits per heavy atom. The fourth-order valence-electron chi connectivity index (χ4n) is 7.09.